The smallest absolute Gasteiger partial charge is 0.368 e. The molecule has 1 atom stereocenters. The van der Waals surface area contributed by atoms with Gasteiger partial charge < -0.3 is 15.6 Å². The van der Waals surface area contributed by atoms with Crippen molar-refractivity contribution in [1.82, 2.24) is 9.88 Å². The molecule has 118 valence electrons. The summed E-state index contributed by atoms with van der Waals surface area (Å²) >= 11 is 0. The van der Waals surface area contributed by atoms with Gasteiger partial charge in [0.25, 0.3) is 0 Å². The van der Waals surface area contributed by atoms with E-state index in [1.807, 2.05) is 7.05 Å². The molecule has 1 aliphatic rings. The van der Waals surface area contributed by atoms with E-state index in [0.717, 1.165) is 37.9 Å². The predicted octanol–water partition coefficient (Wildman–Crippen LogP) is 2.28. The van der Waals surface area contributed by atoms with Gasteiger partial charge in [-0.1, -0.05) is 6.42 Å². The van der Waals surface area contributed by atoms with Crippen LogP contribution in [0.25, 0.3) is 0 Å². The summed E-state index contributed by atoms with van der Waals surface area (Å²) in [6.07, 6.45) is -1.09. The minimum Gasteiger partial charge on any atom is -0.368 e. The average molecular weight is 303 g/mol. The van der Waals surface area contributed by atoms with Crippen LogP contribution in [0.5, 0.6) is 0 Å². The summed E-state index contributed by atoms with van der Waals surface area (Å²) in [6.45, 7) is 1.58. The molecule has 0 aliphatic carbocycles. The molecule has 2 heterocycles. The van der Waals surface area contributed by atoms with Crippen LogP contribution in [0.1, 0.15) is 24.8 Å². The van der Waals surface area contributed by atoms with Gasteiger partial charge in [-0.15, -0.1) is 0 Å². The van der Waals surface area contributed by atoms with Gasteiger partial charge in [0.1, 0.15) is 11.6 Å². The number of likely N-dealkylation sites (tertiary alicyclic amines) is 1. The second kappa shape index (κ2) is 6.48. The molecule has 5 nitrogen and oxygen atoms in total. The molecule has 0 bridgehead atoms. The van der Waals surface area contributed by atoms with Crippen molar-refractivity contribution in [2.45, 2.75) is 31.5 Å². The molecule has 1 aromatic rings. The Balaban J connectivity index is 2.08. The largest absolute Gasteiger partial charge is 0.416 e. The van der Waals surface area contributed by atoms with E-state index >= 15 is 0 Å². The maximum Gasteiger partial charge on any atom is 0.416 e. The zero-order valence-electron chi connectivity index (χ0n) is 11.9. The first-order valence-corrected chi connectivity index (χ1v) is 6.90. The van der Waals surface area contributed by atoms with Crippen LogP contribution in [0.2, 0.25) is 0 Å². The fourth-order valence-corrected chi connectivity index (χ4v) is 2.48. The minimum absolute atomic E-state index is 0.00989. The number of nitrogen functional groups attached to an aromatic ring is 1. The predicted molar refractivity (Wildman–Crippen MR) is 75.8 cm³/mol. The lowest BCUT2D eigenvalue weighted by Crippen LogP contribution is -2.40. The summed E-state index contributed by atoms with van der Waals surface area (Å²) in [6, 6.07) is 2.20. The van der Waals surface area contributed by atoms with Crippen LogP contribution in [-0.4, -0.2) is 36.1 Å². The van der Waals surface area contributed by atoms with Crippen LogP contribution in [0.15, 0.2) is 12.1 Å². The number of nitrogens with zero attached hydrogens (tertiary/aromatic N) is 2. The Morgan fingerprint density at radius 3 is 2.67 bits per heavy atom. The number of alkyl halides is 3. The SMILES string of the molecule is CN1CCCCC1CNc1cc(C(F)(F)F)cc(NN)n1. The Morgan fingerprint density at radius 2 is 2.05 bits per heavy atom. The van der Waals surface area contributed by atoms with Crippen LogP contribution < -0.4 is 16.6 Å². The van der Waals surface area contributed by atoms with Crippen molar-refractivity contribution >= 4 is 11.6 Å². The Hall–Kier alpha value is -1.54. The third-order valence-electron chi connectivity index (χ3n) is 3.74. The molecule has 8 heteroatoms. The second-order valence-electron chi connectivity index (χ2n) is 5.28. The van der Waals surface area contributed by atoms with Gasteiger partial charge in [-0.3, -0.25) is 0 Å². The molecular formula is C13H20F3N5. The number of likely N-dealkylation sites (N-methyl/N-ethyl adjacent to an activating group) is 1. The maximum atomic E-state index is 12.8. The van der Waals surface area contributed by atoms with E-state index in [1.54, 1.807) is 0 Å². The Bertz CT molecular complexity index is 477. The normalized spacial score (nSPS) is 20.3. The van der Waals surface area contributed by atoms with E-state index in [-0.39, 0.29) is 11.6 Å². The van der Waals surface area contributed by atoms with Crippen molar-refractivity contribution in [3.8, 4) is 0 Å². The number of halogens is 3. The standard InChI is InChI=1S/C13H20F3N5/c1-21-5-3-2-4-10(21)8-18-11-6-9(13(14,15)16)7-12(19-11)20-17/h6-7,10H,2-5,8,17H2,1H3,(H2,18,19,20). The number of nitrogens with one attached hydrogen (secondary N) is 2. The van der Waals surface area contributed by atoms with Gasteiger partial charge in [0, 0.05) is 12.6 Å². The summed E-state index contributed by atoms with van der Waals surface area (Å²) in [4.78, 5) is 6.22. The molecule has 1 aromatic heterocycles. The van der Waals surface area contributed by atoms with Crippen molar-refractivity contribution in [1.29, 1.82) is 0 Å². The maximum absolute atomic E-state index is 12.8. The highest BCUT2D eigenvalue weighted by atomic mass is 19.4. The highest BCUT2D eigenvalue weighted by Gasteiger charge is 2.31. The van der Waals surface area contributed by atoms with E-state index < -0.39 is 11.7 Å². The first-order valence-electron chi connectivity index (χ1n) is 6.90. The van der Waals surface area contributed by atoms with Crippen LogP contribution in [-0.2, 0) is 6.18 Å². The van der Waals surface area contributed by atoms with Crippen LogP contribution >= 0.6 is 0 Å². The first kappa shape index (κ1) is 15.8. The monoisotopic (exact) mass is 303 g/mol. The Morgan fingerprint density at radius 1 is 1.33 bits per heavy atom. The molecule has 0 saturated carbocycles. The van der Waals surface area contributed by atoms with Crippen molar-refractivity contribution in [3.05, 3.63) is 17.7 Å². The minimum atomic E-state index is -4.42. The van der Waals surface area contributed by atoms with E-state index in [1.165, 1.54) is 0 Å². The topological polar surface area (TPSA) is 66.2 Å². The number of rotatable bonds is 4. The summed E-state index contributed by atoms with van der Waals surface area (Å²) in [5.74, 6) is 5.34. The van der Waals surface area contributed by atoms with Crippen molar-refractivity contribution in [3.63, 3.8) is 0 Å². The van der Waals surface area contributed by atoms with E-state index in [0.29, 0.717) is 12.6 Å². The van der Waals surface area contributed by atoms with E-state index in [4.69, 9.17) is 5.84 Å². The fourth-order valence-electron chi connectivity index (χ4n) is 2.48. The third-order valence-corrected chi connectivity index (χ3v) is 3.74. The van der Waals surface area contributed by atoms with Crippen molar-refractivity contribution in [2.75, 3.05) is 30.9 Å². The van der Waals surface area contributed by atoms with Gasteiger partial charge >= 0.3 is 6.18 Å². The lowest BCUT2D eigenvalue weighted by molar-refractivity contribution is -0.137. The van der Waals surface area contributed by atoms with Gasteiger partial charge in [-0.05, 0) is 38.6 Å². The lowest BCUT2D eigenvalue weighted by atomic mass is 10.0. The molecule has 0 aromatic carbocycles. The first-order chi connectivity index (χ1) is 9.90. The number of aromatic nitrogens is 1. The number of hydrazine groups is 1. The summed E-state index contributed by atoms with van der Waals surface area (Å²) in [5.41, 5.74) is 1.39. The molecule has 1 aliphatic heterocycles. The summed E-state index contributed by atoms with van der Waals surface area (Å²) in [7, 11) is 2.03. The molecule has 0 spiro atoms. The number of hydrogen-bond donors (Lipinski definition) is 3. The fraction of sp³-hybridized carbons (Fsp3) is 0.615. The van der Waals surface area contributed by atoms with Gasteiger partial charge in [-0.25, -0.2) is 10.8 Å². The molecule has 1 unspecified atom stereocenters. The zero-order chi connectivity index (χ0) is 15.5. The van der Waals surface area contributed by atoms with E-state index in [2.05, 4.69) is 20.6 Å². The second-order valence-corrected chi connectivity index (χ2v) is 5.28. The number of pyridine rings is 1. The van der Waals surface area contributed by atoms with Gasteiger partial charge in [0.05, 0.1) is 5.56 Å². The molecular weight excluding hydrogens is 283 g/mol. The van der Waals surface area contributed by atoms with Gasteiger partial charge in [-0.2, -0.15) is 13.2 Å². The highest BCUT2D eigenvalue weighted by molar-refractivity contribution is 5.49. The molecule has 0 amide bonds. The molecule has 21 heavy (non-hydrogen) atoms. The van der Waals surface area contributed by atoms with Gasteiger partial charge in [0.15, 0.2) is 0 Å². The van der Waals surface area contributed by atoms with E-state index in [9.17, 15) is 13.2 Å². The summed E-state index contributed by atoms with van der Waals surface area (Å²) in [5, 5.41) is 2.98. The zero-order valence-corrected chi connectivity index (χ0v) is 11.9. The molecule has 0 radical (unpaired) electrons. The molecule has 1 saturated heterocycles. The molecule has 2 rings (SSSR count). The number of nitrogens with two attached hydrogens (primary N) is 1. The average Bonchev–Trinajstić information content (AvgIpc) is 2.45. The Kier molecular flexibility index (Phi) is 4.89. The Labute approximate surface area is 121 Å². The van der Waals surface area contributed by atoms with Crippen LogP contribution in [0, 0.1) is 0 Å². The van der Waals surface area contributed by atoms with Crippen molar-refractivity contribution < 1.29 is 13.2 Å². The quantitative estimate of drug-likeness (QED) is 0.588. The number of anilines is 2. The van der Waals surface area contributed by atoms with Crippen LogP contribution in [0.4, 0.5) is 24.8 Å². The highest BCUT2D eigenvalue weighted by Crippen LogP contribution is 2.32. The number of hydrogen-bond acceptors (Lipinski definition) is 5. The number of piperidine rings is 1. The third kappa shape index (κ3) is 4.21. The summed E-state index contributed by atoms with van der Waals surface area (Å²) < 4.78 is 38.4. The lowest BCUT2D eigenvalue weighted by Gasteiger charge is -2.32. The van der Waals surface area contributed by atoms with Crippen LogP contribution in [0.3, 0.4) is 0 Å². The molecule has 1 fully saturated rings. The van der Waals surface area contributed by atoms with Gasteiger partial charge in [0.2, 0.25) is 0 Å². The van der Waals surface area contributed by atoms with Crippen molar-refractivity contribution in [2.24, 2.45) is 5.84 Å². The molecule has 4 N–H and O–H groups in total.